The second-order valence-electron chi connectivity index (χ2n) is 4.88. The fraction of sp³-hybridized carbons (Fsp3) is 0.500. The summed E-state index contributed by atoms with van der Waals surface area (Å²) in [5.74, 6) is -0.326. The number of nitrogens with zero attached hydrogens (tertiary/aromatic N) is 1. The average Bonchev–Trinajstić information content (AvgIpc) is 2.64. The number of carbonyl (C=O) groups is 1. The molecule has 0 bridgehead atoms. The van der Waals surface area contributed by atoms with Gasteiger partial charge in [-0.1, -0.05) is 0 Å². The van der Waals surface area contributed by atoms with E-state index in [9.17, 15) is 4.79 Å². The van der Waals surface area contributed by atoms with Gasteiger partial charge in [-0.2, -0.15) is 5.10 Å². The van der Waals surface area contributed by atoms with Crippen LogP contribution in [-0.2, 0) is 4.74 Å². The van der Waals surface area contributed by atoms with Gasteiger partial charge in [0.1, 0.15) is 0 Å². The van der Waals surface area contributed by atoms with Gasteiger partial charge in [0.25, 0.3) is 0 Å². The molecular weight excluding hydrogens is 288 g/mol. The Bertz CT molecular complexity index is 549. The number of aryl methyl sites for hydroxylation is 1. The van der Waals surface area contributed by atoms with Gasteiger partial charge in [0.2, 0.25) is 0 Å². The van der Waals surface area contributed by atoms with E-state index >= 15 is 0 Å². The lowest BCUT2D eigenvalue weighted by Crippen LogP contribution is -2.36. The molecule has 0 aromatic carbocycles. The number of nitrogens with one attached hydrogen (secondary N) is 3. The van der Waals surface area contributed by atoms with Crippen molar-refractivity contribution in [2.24, 2.45) is 5.10 Å². The third kappa shape index (κ3) is 4.86. The molecule has 21 heavy (non-hydrogen) atoms. The molecule has 0 unspecified atom stereocenters. The third-order valence-corrected chi connectivity index (χ3v) is 2.94. The minimum Gasteiger partial charge on any atom is -0.462 e. The van der Waals surface area contributed by atoms with Crippen molar-refractivity contribution in [2.45, 2.75) is 40.7 Å². The molecule has 1 rings (SSSR count). The highest BCUT2D eigenvalue weighted by molar-refractivity contribution is 7.80. The molecule has 0 aliphatic heterocycles. The maximum atomic E-state index is 11.9. The zero-order chi connectivity index (χ0) is 16.0. The molecule has 0 saturated heterocycles. The Balaban J connectivity index is 2.79. The van der Waals surface area contributed by atoms with Crippen molar-refractivity contribution in [3.05, 3.63) is 22.5 Å². The van der Waals surface area contributed by atoms with Crippen LogP contribution in [-0.4, -0.2) is 34.9 Å². The monoisotopic (exact) mass is 310 g/mol. The highest BCUT2D eigenvalue weighted by Gasteiger charge is 2.18. The maximum Gasteiger partial charge on any atom is 0.340 e. The third-order valence-electron chi connectivity index (χ3n) is 2.74. The first-order chi connectivity index (χ1) is 9.86. The Morgan fingerprint density at radius 3 is 2.71 bits per heavy atom. The molecule has 1 aromatic rings. The van der Waals surface area contributed by atoms with E-state index in [-0.39, 0.29) is 12.0 Å². The molecule has 0 aliphatic carbocycles. The summed E-state index contributed by atoms with van der Waals surface area (Å²) in [6.45, 7) is 9.79. The first kappa shape index (κ1) is 17.2. The fourth-order valence-corrected chi connectivity index (χ4v) is 2.15. The molecule has 0 fully saturated rings. The van der Waals surface area contributed by atoms with Gasteiger partial charge in [-0.05, 0) is 52.4 Å². The van der Waals surface area contributed by atoms with Crippen LogP contribution in [0.5, 0.6) is 0 Å². The van der Waals surface area contributed by atoms with Crippen molar-refractivity contribution in [1.29, 1.82) is 0 Å². The van der Waals surface area contributed by atoms with Gasteiger partial charge in [0, 0.05) is 11.7 Å². The first-order valence-corrected chi connectivity index (χ1v) is 7.23. The molecule has 7 heteroatoms. The van der Waals surface area contributed by atoms with E-state index in [1.165, 1.54) is 0 Å². The fourth-order valence-electron chi connectivity index (χ4n) is 1.86. The van der Waals surface area contributed by atoms with Gasteiger partial charge in [-0.3, -0.25) is 5.43 Å². The Kier molecular flexibility index (Phi) is 6.36. The zero-order valence-electron chi connectivity index (χ0n) is 13.0. The summed E-state index contributed by atoms with van der Waals surface area (Å²) in [5.41, 5.74) is 5.59. The van der Waals surface area contributed by atoms with Gasteiger partial charge >= 0.3 is 5.97 Å². The summed E-state index contributed by atoms with van der Waals surface area (Å²) in [6.07, 6.45) is 1.60. The SMILES string of the molecule is CCOC(=O)c1c(C)[nH]c(/C=N/NC(=S)NC(C)C)c1C. The second-order valence-corrected chi connectivity index (χ2v) is 5.29. The number of H-pyrrole nitrogens is 1. The summed E-state index contributed by atoms with van der Waals surface area (Å²) in [4.78, 5) is 15.0. The number of hydrazone groups is 1. The summed E-state index contributed by atoms with van der Waals surface area (Å²) in [6, 6.07) is 0.241. The van der Waals surface area contributed by atoms with Crippen LogP contribution in [0.15, 0.2) is 5.10 Å². The Hall–Kier alpha value is -1.89. The van der Waals surface area contributed by atoms with Gasteiger partial charge in [0.15, 0.2) is 5.11 Å². The van der Waals surface area contributed by atoms with Crippen molar-refractivity contribution < 1.29 is 9.53 Å². The summed E-state index contributed by atoms with van der Waals surface area (Å²) in [7, 11) is 0. The highest BCUT2D eigenvalue weighted by Crippen LogP contribution is 2.17. The number of esters is 1. The molecule has 1 aromatic heterocycles. The number of ether oxygens (including phenoxy) is 1. The summed E-state index contributed by atoms with van der Waals surface area (Å²) in [5, 5.41) is 7.52. The Morgan fingerprint density at radius 1 is 1.48 bits per heavy atom. The number of aromatic amines is 1. The maximum absolute atomic E-state index is 11.9. The van der Waals surface area contributed by atoms with Crippen LogP contribution < -0.4 is 10.7 Å². The molecule has 0 aliphatic rings. The molecule has 0 radical (unpaired) electrons. The lowest BCUT2D eigenvalue weighted by Gasteiger charge is -2.09. The van der Waals surface area contributed by atoms with E-state index in [2.05, 4.69) is 20.8 Å². The zero-order valence-corrected chi connectivity index (χ0v) is 13.9. The normalized spacial score (nSPS) is 11.0. The molecule has 0 amide bonds. The van der Waals surface area contributed by atoms with Crippen LogP contribution in [0.2, 0.25) is 0 Å². The van der Waals surface area contributed by atoms with Gasteiger partial charge in [-0.25, -0.2) is 4.79 Å². The number of hydrogen-bond acceptors (Lipinski definition) is 4. The Labute approximate surface area is 130 Å². The lowest BCUT2D eigenvalue weighted by atomic mass is 10.1. The molecule has 1 heterocycles. The predicted molar refractivity (Wildman–Crippen MR) is 87.8 cm³/mol. The van der Waals surface area contributed by atoms with Crippen LogP contribution in [0.1, 0.15) is 48.1 Å². The van der Waals surface area contributed by atoms with E-state index < -0.39 is 0 Å². The van der Waals surface area contributed by atoms with Crippen LogP contribution in [0.4, 0.5) is 0 Å². The standard InChI is InChI=1S/C14H22N4O2S/c1-6-20-13(19)12-9(4)11(17-10(12)5)7-15-18-14(21)16-8(2)3/h7-8,17H,6H2,1-5H3,(H2,16,18,21)/b15-7+. The van der Waals surface area contributed by atoms with E-state index in [0.717, 1.165) is 17.0 Å². The van der Waals surface area contributed by atoms with E-state index in [4.69, 9.17) is 17.0 Å². The molecular formula is C14H22N4O2S. The quantitative estimate of drug-likeness (QED) is 0.336. The molecule has 0 saturated carbocycles. The molecule has 0 atom stereocenters. The minimum absolute atomic E-state index is 0.241. The predicted octanol–water partition coefficient (Wildman–Crippen LogP) is 2.01. The van der Waals surface area contributed by atoms with Crippen molar-refractivity contribution >= 4 is 29.5 Å². The van der Waals surface area contributed by atoms with E-state index in [1.807, 2.05) is 27.7 Å². The lowest BCUT2D eigenvalue weighted by molar-refractivity contribution is 0.0525. The van der Waals surface area contributed by atoms with Crippen molar-refractivity contribution in [1.82, 2.24) is 15.7 Å². The molecule has 6 nitrogen and oxygen atoms in total. The number of carbonyl (C=O) groups excluding carboxylic acids is 1. The number of thiocarbonyl (C=S) groups is 1. The molecule has 116 valence electrons. The van der Waals surface area contributed by atoms with Gasteiger partial charge in [-0.15, -0.1) is 0 Å². The smallest absolute Gasteiger partial charge is 0.340 e. The van der Waals surface area contributed by atoms with Crippen LogP contribution in [0.25, 0.3) is 0 Å². The van der Waals surface area contributed by atoms with E-state index in [0.29, 0.717) is 17.3 Å². The van der Waals surface area contributed by atoms with Crippen LogP contribution in [0.3, 0.4) is 0 Å². The number of aromatic nitrogens is 1. The highest BCUT2D eigenvalue weighted by atomic mass is 32.1. The molecule has 3 N–H and O–H groups in total. The van der Waals surface area contributed by atoms with Crippen LogP contribution >= 0.6 is 12.2 Å². The minimum atomic E-state index is -0.326. The first-order valence-electron chi connectivity index (χ1n) is 6.82. The van der Waals surface area contributed by atoms with Crippen molar-refractivity contribution in [3.63, 3.8) is 0 Å². The second kappa shape index (κ2) is 7.78. The van der Waals surface area contributed by atoms with E-state index in [1.54, 1.807) is 13.1 Å². The number of hydrogen-bond donors (Lipinski definition) is 3. The Morgan fingerprint density at radius 2 is 2.14 bits per heavy atom. The molecule has 0 spiro atoms. The topological polar surface area (TPSA) is 78.5 Å². The summed E-state index contributed by atoms with van der Waals surface area (Å²) < 4.78 is 5.04. The summed E-state index contributed by atoms with van der Waals surface area (Å²) >= 11 is 5.07. The van der Waals surface area contributed by atoms with Crippen molar-refractivity contribution in [3.8, 4) is 0 Å². The largest absolute Gasteiger partial charge is 0.462 e. The van der Waals surface area contributed by atoms with Crippen molar-refractivity contribution in [2.75, 3.05) is 6.61 Å². The van der Waals surface area contributed by atoms with Crippen LogP contribution in [0, 0.1) is 13.8 Å². The number of rotatable bonds is 5. The van der Waals surface area contributed by atoms with Gasteiger partial charge in [0.05, 0.1) is 24.1 Å². The van der Waals surface area contributed by atoms with Gasteiger partial charge < -0.3 is 15.0 Å². The average molecular weight is 310 g/mol.